The molecule has 0 bridgehead atoms. The van der Waals surface area contributed by atoms with Crippen LogP contribution in [0.4, 0.5) is 0 Å². The molecule has 0 saturated carbocycles. The van der Waals surface area contributed by atoms with Crippen LogP contribution in [0.1, 0.15) is 6.92 Å². The molecular formula is C3H5Cl3O2Si. The van der Waals surface area contributed by atoms with Gasteiger partial charge < -0.3 is 5.11 Å². The first-order chi connectivity index (χ1) is 3.85. The average molecular weight is 208 g/mol. The van der Waals surface area contributed by atoms with E-state index in [2.05, 4.69) is 0 Å². The van der Waals surface area contributed by atoms with Gasteiger partial charge in [0.05, 0.1) is 5.54 Å². The second-order valence-electron chi connectivity index (χ2n) is 1.60. The van der Waals surface area contributed by atoms with E-state index in [1.54, 1.807) is 0 Å². The molecule has 1 atom stereocenters. The van der Waals surface area contributed by atoms with E-state index >= 15 is 0 Å². The summed E-state index contributed by atoms with van der Waals surface area (Å²) in [6.45, 7) is 1.39. The molecule has 0 heterocycles. The molecule has 1 N–H and O–H groups in total. The Morgan fingerprint density at radius 1 is 1.56 bits per heavy atom. The molecule has 1 unspecified atom stereocenters. The van der Waals surface area contributed by atoms with Gasteiger partial charge in [-0.05, 0) is 0 Å². The first-order valence-corrected chi connectivity index (χ1v) is 7.26. The lowest BCUT2D eigenvalue weighted by atomic mass is 10.5. The van der Waals surface area contributed by atoms with Crippen LogP contribution in [0.15, 0.2) is 0 Å². The minimum absolute atomic E-state index is 0.831. The normalized spacial score (nSPS) is 15.1. The second-order valence-corrected chi connectivity index (χ2v) is 10.7. The van der Waals surface area contributed by atoms with Crippen molar-refractivity contribution in [1.29, 1.82) is 0 Å². The number of hydrogen-bond acceptors (Lipinski definition) is 1. The van der Waals surface area contributed by atoms with Crippen LogP contribution >= 0.6 is 33.2 Å². The summed E-state index contributed by atoms with van der Waals surface area (Å²) in [6.07, 6.45) is 0. The molecule has 6 heteroatoms. The van der Waals surface area contributed by atoms with E-state index in [-0.39, 0.29) is 0 Å². The van der Waals surface area contributed by atoms with Crippen LogP contribution in [0, 0.1) is 0 Å². The third-order valence-corrected chi connectivity index (χ3v) is 5.04. The van der Waals surface area contributed by atoms with Gasteiger partial charge >= 0.3 is 12.0 Å². The van der Waals surface area contributed by atoms with E-state index in [4.69, 9.17) is 38.3 Å². The van der Waals surface area contributed by atoms with Gasteiger partial charge in [-0.15, -0.1) is 33.2 Å². The van der Waals surface area contributed by atoms with Gasteiger partial charge in [0, 0.05) is 0 Å². The highest BCUT2D eigenvalue weighted by atomic mass is 35.8. The van der Waals surface area contributed by atoms with Gasteiger partial charge in [-0.3, -0.25) is 4.79 Å². The molecule has 0 aromatic rings. The van der Waals surface area contributed by atoms with Gasteiger partial charge in [0.2, 0.25) is 0 Å². The van der Waals surface area contributed by atoms with Crippen molar-refractivity contribution in [2.45, 2.75) is 12.5 Å². The van der Waals surface area contributed by atoms with Crippen LogP contribution in [0.2, 0.25) is 5.54 Å². The van der Waals surface area contributed by atoms with Gasteiger partial charge in [-0.1, -0.05) is 6.92 Å². The summed E-state index contributed by atoms with van der Waals surface area (Å²) in [6, 6.07) is -3.01. The molecule has 0 aromatic heterocycles. The van der Waals surface area contributed by atoms with E-state index in [1.165, 1.54) is 6.92 Å². The Labute approximate surface area is 67.8 Å². The van der Waals surface area contributed by atoms with Crippen LogP contribution in [0.3, 0.4) is 0 Å². The van der Waals surface area contributed by atoms with E-state index in [9.17, 15) is 4.79 Å². The van der Waals surface area contributed by atoms with E-state index in [1.807, 2.05) is 0 Å². The molecule has 0 aliphatic rings. The number of carboxylic acid groups (broad SMARTS) is 1. The average Bonchev–Trinajstić information content (AvgIpc) is 1.62. The summed E-state index contributed by atoms with van der Waals surface area (Å²) in [5, 5.41) is 8.30. The molecule has 0 spiro atoms. The monoisotopic (exact) mass is 206 g/mol. The maximum Gasteiger partial charge on any atom is 0.354 e. The molecule has 0 amide bonds. The van der Waals surface area contributed by atoms with Gasteiger partial charge in [-0.25, -0.2) is 0 Å². The van der Waals surface area contributed by atoms with Crippen LogP contribution in [-0.2, 0) is 4.79 Å². The van der Waals surface area contributed by atoms with Crippen molar-refractivity contribution in [3.8, 4) is 0 Å². The number of rotatable bonds is 2. The smallest absolute Gasteiger partial charge is 0.354 e. The molecular weight excluding hydrogens is 202 g/mol. The molecule has 0 aliphatic heterocycles. The third-order valence-electron chi connectivity index (χ3n) is 0.861. The zero-order valence-corrected chi connectivity index (χ0v) is 7.83. The zero-order chi connectivity index (χ0) is 7.65. The number of carboxylic acids is 1. The molecule has 9 heavy (non-hydrogen) atoms. The first kappa shape index (κ1) is 9.56. The van der Waals surface area contributed by atoms with Crippen LogP contribution in [-0.4, -0.2) is 17.1 Å². The Balaban J connectivity index is 4.04. The van der Waals surface area contributed by atoms with Crippen molar-refractivity contribution >= 4 is 45.2 Å². The van der Waals surface area contributed by atoms with Crippen LogP contribution in [0.5, 0.6) is 0 Å². The van der Waals surface area contributed by atoms with Gasteiger partial charge in [0.15, 0.2) is 0 Å². The maximum atomic E-state index is 10.1. The summed E-state index contributed by atoms with van der Waals surface area (Å²) in [7, 11) is 0. The Bertz CT molecular complexity index is 121. The lowest BCUT2D eigenvalue weighted by Crippen LogP contribution is -2.24. The summed E-state index contributed by atoms with van der Waals surface area (Å²) in [4.78, 5) is 10.1. The first-order valence-electron chi connectivity index (χ1n) is 2.15. The highest BCUT2D eigenvalue weighted by Crippen LogP contribution is 2.33. The fourth-order valence-electron chi connectivity index (χ4n) is 0.140. The predicted octanol–water partition coefficient (Wildman–Crippen LogP) is 2.12. The standard InChI is InChI=1S/C3H5Cl3O2Si/c1-2(3(7)8)9(4,5)6/h2H,1H3,(H,7,8). The molecule has 0 radical (unpaired) electrons. The van der Waals surface area contributed by atoms with Crippen LogP contribution in [0.25, 0.3) is 0 Å². The fraction of sp³-hybridized carbons (Fsp3) is 0.667. The zero-order valence-electron chi connectivity index (χ0n) is 4.57. The van der Waals surface area contributed by atoms with Crippen molar-refractivity contribution in [3.05, 3.63) is 0 Å². The molecule has 0 aliphatic carbocycles. The fourth-order valence-corrected chi connectivity index (χ4v) is 1.26. The minimum atomic E-state index is -3.01. The van der Waals surface area contributed by atoms with Gasteiger partial charge in [0.25, 0.3) is 0 Å². The maximum absolute atomic E-state index is 10.1. The lowest BCUT2D eigenvalue weighted by Gasteiger charge is -2.11. The highest BCUT2D eigenvalue weighted by molar-refractivity contribution is 7.65. The summed E-state index contributed by atoms with van der Waals surface area (Å²) in [5.74, 6) is -1.05. The predicted molar refractivity (Wildman–Crippen MR) is 40.4 cm³/mol. The number of aliphatic carboxylic acids is 1. The number of halogens is 3. The lowest BCUT2D eigenvalue weighted by molar-refractivity contribution is -0.136. The Kier molecular flexibility index (Phi) is 3.29. The second kappa shape index (κ2) is 3.10. The number of hydrogen-bond donors (Lipinski definition) is 1. The van der Waals surface area contributed by atoms with E-state index in [0.717, 1.165) is 0 Å². The summed E-state index contributed by atoms with van der Waals surface area (Å²) >= 11 is 16.1. The molecule has 0 fully saturated rings. The van der Waals surface area contributed by atoms with Crippen molar-refractivity contribution < 1.29 is 9.90 Å². The third kappa shape index (κ3) is 3.30. The quantitative estimate of drug-likeness (QED) is 0.556. The largest absolute Gasteiger partial charge is 0.481 e. The summed E-state index contributed by atoms with van der Waals surface area (Å²) in [5.41, 5.74) is -0.831. The highest BCUT2D eigenvalue weighted by Gasteiger charge is 2.38. The van der Waals surface area contributed by atoms with Gasteiger partial charge in [-0.2, -0.15) is 0 Å². The van der Waals surface area contributed by atoms with Crippen LogP contribution < -0.4 is 0 Å². The van der Waals surface area contributed by atoms with Crippen molar-refractivity contribution in [3.63, 3.8) is 0 Å². The van der Waals surface area contributed by atoms with Gasteiger partial charge in [0.1, 0.15) is 0 Å². The Morgan fingerprint density at radius 3 is 1.89 bits per heavy atom. The van der Waals surface area contributed by atoms with E-state index in [0.29, 0.717) is 0 Å². The van der Waals surface area contributed by atoms with Crippen molar-refractivity contribution in [2.24, 2.45) is 0 Å². The molecule has 0 rings (SSSR count). The van der Waals surface area contributed by atoms with Crippen molar-refractivity contribution in [1.82, 2.24) is 0 Å². The SMILES string of the molecule is CC(C(=O)O)[Si](Cl)(Cl)Cl. The minimum Gasteiger partial charge on any atom is -0.481 e. The topological polar surface area (TPSA) is 37.3 Å². The Hall–Kier alpha value is 0.557. The van der Waals surface area contributed by atoms with Crippen molar-refractivity contribution in [2.75, 3.05) is 0 Å². The molecule has 0 aromatic carbocycles. The molecule has 2 nitrogen and oxygen atoms in total. The number of carbonyl (C=O) groups is 1. The molecule has 0 saturated heterocycles. The Morgan fingerprint density at radius 2 is 1.89 bits per heavy atom. The molecule has 54 valence electrons. The van der Waals surface area contributed by atoms with E-state index < -0.39 is 17.5 Å². The summed E-state index contributed by atoms with van der Waals surface area (Å²) < 4.78 is 0.